The lowest BCUT2D eigenvalue weighted by atomic mass is 10.1. The van der Waals surface area contributed by atoms with E-state index in [4.69, 9.17) is 0 Å². The van der Waals surface area contributed by atoms with Crippen molar-refractivity contribution in [3.05, 3.63) is 35.1 Å². The van der Waals surface area contributed by atoms with Crippen LogP contribution in [0.5, 0.6) is 0 Å². The van der Waals surface area contributed by atoms with Crippen molar-refractivity contribution in [3.63, 3.8) is 0 Å². The maximum atomic E-state index is 13.4. The summed E-state index contributed by atoms with van der Waals surface area (Å²) in [7, 11) is 0. The molecule has 0 radical (unpaired) electrons. The van der Waals surface area contributed by atoms with Gasteiger partial charge in [-0.1, -0.05) is 6.92 Å². The smallest absolute Gasteiger partial charge is 0.393 e. The first-order valence-corrected chi connectivity index (χ1v) is 6.09. The molecule has 0 aliphatic carbocycles. The molecule has 0 heterocycles. The zero-order valence-corrected chi connectivity index (χ0v) is 10.6. The molecular formula is C13H17F4NO. The first-order chi connectivity index (χ1) is 8.84. The van der Waals surface area contributed by atoms with Crippen LogP contribution in [-0.2, 0) is 12.7 Å². The molecule has 108 valence electrons. The Kier molecular flexibility index (Phi) is 5.75. The van der Waals surface area contributed by atoms with Crippen molar-refractivity contribution >= 4 is 0 Å². The molecule has 0 aliphatic rings. The van der Waals surface area contributed by atoms with Gasteiger partial charge in [0.2, 0.25) is 0 Å². The molecule has 0 saturated heterocycles. The second kappa shape index (κ2) is 6.86. The molecule has 6 heteroatoms. The summed E-state index contributed by atoms with van der Waals surface area (Å²) in [5.74, 6) is -0.670. The van der Waals surface area contributed by atoms with Gasteiger partial charge in [-0.15, -0.1) is 0 Å². The monoisotopic (exact) mass is 279 g/mol. The summed E-state index contributed by atoms with van der Waals surface area (Å²) in [5.41, 5.74) is -0.889. The van der Waals surface area contributed by atoms with E-state index in [1.165, 1.54) is 0 Å². The zero-order chi connectivity index (χ0) is 14.5. The Bertz CT molecular complexity index is 406. The van der Waals surface area contributed by atoms with E-state index in [1.54, 1.807) is 0 Å². The van der Waals surface area contributed by atoms with Crippen LogP contribution in [0.3, 0.4) is 0 Å². The predicted octanol–water partition coefficient (Wildman–Crippen LogP) is 3.10. The number of hydrogen-bond acceptors (Lipinski definition) is 2. The van der Waals surface area contributed by atoms with Gasteiger partial charge in [0.25, 0.3) is 0 Å². The number of rotatable bonds is 6. The zero-order valence-electron chi connectivity index (χ0n) is 10.6. The molecule has 0 aliphatic heterocycles. The highest BCUT2D eigenvalue weighted by molar-refractivity contribution is 5.27. The highest BCUT2D eigenvalue weighted by Gasteiger charge is 2.30. The second-order valence-electron chi connectivity index (χ2n) is 4.33. The molecule has 0 saturated carbocycles. The van der Waals surface area contributed by atoms with Gasteiger partial charge in [-0.25, -0.2) is 4.39 Å². The summed E-state index contributed by atoms with van der Waals surface area (Å²) in [5, 5.41) is 12.1. The van der Waals surface area contributed by atoms with E-state index in [9.17, 15) is 22.7 Å². The number of benzene rings is 1. The molecule has 0 bridgehead atoms. The summed E-state index contributed by atoms with van der Waals surface area (Å²) >= 11 is 0. The lowest BCUT2D eigenvalue weighted by Crippen LogP contribution is -2.20. The van der Waals surface area contributed by atoms with Gasteiger partial charge in [0, 0.05) is 12.1 Å². The molecule has 2 N–H and O–H groups in total. The van der Waals surface area contributed by atoms with E-state index >= 15 is 0 Å². The Morgan fingerprint density at radius 1 is 1.32 bits per heavy atom. The number of aliphatic hydroxyl groups is 1. The van der Waals surface area contributed by atoms with Crippen LogP contribution in [0.4, 0.5) is 17.6 Å². The average molecular weight is 279 g/mol. The van der Waals surface area contributed by atoms with E-state index in [-0.39, 0.29) is 12.1 Å². The maximum Gasteiger partial charge on any atom is 0.416 e. The lowest BCUT2D eigenvalue weighted by molar-refractivity contribution is -0.137. The maximum absolute atomic E-state index is 13.4. The molecule has 1 atom stereocenters. The first-order valence-electron chi connectivity index (χ1n) is 6.09. The third kappa shape index (κ3) is 5.16. The average Bonchev–Trinajstić information content (AvgIpc) is 2.34. The molecule has 0 amide bonds. The Hall–Kier alpha value is -1.14. The molecule has 0 spiro atoms. The van der Waals surface area contributed by atoms with E-state index in [1.807, 2.05) is 6.92 Å². The van der Waals surface area contributed by atoms with Crippen LogP contribution in [-0.4, -0.2) is 17.8 Å². The lowest BCUT2D eigenvalue weighted by Gasteiger charge is -2.11. The third-order valence-corrected chi connectivity index (χ3v) is 2.81. The first kappa shape index (κ1) is 15.9. The summed E-state index contributed by atoms with van der Waals surface area (Å²) in [6.07, 6.45) is -3.82. The number of aliphatic hydroxyl groups excluding tert-OH is 1. The van der Waals surface area contributed by atoms with Crippen LogP contribution in [0.15, 0.2) is 18.2 Å². The Morgan fingerprint density at radius 2 is 2.00 bits per heavy atom. The number of nitrogens with one attached hydrogen (secondary N) is 1. The minimum atomic E-state index is -4.47. The summed E-state index contributed by atoms with van der Waals surface area (Å²) in [6.45, 7) is 2.26. The fourth-order valence-corrected chi connectivity index (χ4v) is 1.58. The largest absolute Gasteiger partial charge is 0.416 e. The van der Waals surface area contributed by atoms with Crippen LogP contribution in [0, 0.1) is 5.82 Å². The van der Waals surface area contributed by atoms with Crippen molar-refractivity contribution in [2.75, 3.05) is 6.54 Å². The van der Waals surface area contributed by atoms with Gasteiger partial charge in [-0.3, -0.25) is 0 Å². The predicted molar refractivity (Wildman–Crippen MR) is 64.0 cm³/mol. The van der Waals surface area contributed by atoms with Crippen molar-refractivity contribution in [2.45, 2.75) is 38.6 Å². The van der Waals surface area contributed by atoms with E-state index in [2.05, 4.69) is 5.32 Å². The van der Waals surface area contributed by atoms with E-state index in [0.717, 1.165) is 18.2 Å². The van der Waals surface area contributed by atoms with Gasteiger partial charge in [-0.2, -0.15) is 13.2 Å². The van der Waals surface area contributed by atoms with Gasteiger partial charge in [-0.05, 0) is 37.6 Å². The summed E-state index contributed by atoms with van der Waals surface area (Å²) < 4.78 is 50.7. The SMILES string of the molecule is CCC(O)CCNCc1cc(C(F)(F)F)ccc1F. The molecule has 0 aromatic heterocycles. The van der Waals surface area contributed by atoms with Crippen LogP contribution >= 0.6 is 0 Å². The minimum absolute atomic E-state index is 0.00614. The quantitative estimate of drug-likeness (QED) is 0.619. The Morgan fingerprint density at radius 3 is 2.58 bits per heavy atom. The van der Waals surface area contributed by atoms with Crippen LogP contribution < -0.4 is 5.32 Å². The molecule has 0 fully saturated rings. The Balaban J connectivity index is 2.58. The van der Waals surface area contributed by atoms with Crippen LogP contribution in [0.25, 0.3) is 0 Å². The number of hydrogen-bond donors (Lipinski definition) is 2. The number of alkyl halides is 3. The third-order valence-electron chi connectivity index (χ3n) is 2.81. The summed E-state index contributed by atoms with van der Waals surface area (Å²) in [4.78, 5) is 0. The van der Waals surface area contributed by atoms with Gasteiger partial charge in [0.15, 0.2) is 0 Å². The fraction of sp³-hybridized carbons (Fsp3) is 0.538. The molecule has 19 heavy (non-hydrogen) atoms. The minimum Gasteiger partial charge on any atom is -0.393 e. The Labute approximate surface area is 109 Å². The highest BCUT2D eigenvalue weighted by Crippen LogP contribution is 2.30. The van der Waals surface area contributed by atoms with Crippen LogP contribution in [0.1, 0.15) is 30.9 Å². The van der Waals surface area contributed by atoms with Gasteiger partial charge < -0.3 is 10.4 Å². The van der Waals surface area contributed by atoms with Crippen molar-refractivity contribution in [3.8, 4) is 0 Å². The summed E-state index contributed by atoms with van der Waals surface area (Å²) in [6, 6.07) is 2.35. The van der Waals surface area contributed by atoms with Gasteiger partial charge in [0.1, 0.15) is 5.82 Å². The van der Waals surface area contributed by atoms with Crippen LogP contribution in [0.2, 0.25) is 0 Å². The molecule has 2 nitrogen and oxygen atoms in total. The second-order valence-corrected chi connectivity index (χ2v) is 4.33. The van der Waals surface area contributed by atoms with E-state index in [0.29, 0.717) is 19.4 Å². The molecular weight excluding hydrogens is 262 g/mol. The molecule has 1 aromatic carbocycles. The van der Waals surface area contributed by atoms with Crippen molar-refractivity contribution in [1.82, 2.24) is 5.32 Å². The van der Waals surface area contributed by atoms with E-state index < -0.39 is 23.7 Å². The normalized spacial score (nSPS) is 13.6. The fourth-order valence-electron chi connectivity index (χ4n) is 1.58. The van der Waals surface area contributed by atoms with Crippen molar-refractivity contribution in [2.24, 2.45) is 0 Å². The number of halogens is 4. The topological polar surface area (TPSA) is 32.3 Å². The van der Waals surface area contributed by atoms with Crippen molar-refractivity contribution in [1.29, 1.82) is 0 Å². The molecule has 1 unspecified atom stereocenters. The highest BCUT2D eigenvalue weighted by atomic mass is 19.4. The van der Waals surface area contributed by atoms with Crippen molar-refractivity contribution < 1.29 is 22.7 Å². The molecule has 1 aromatic rings. The molecule has 1 rings (SSSR count). The van der Waals surface area contributed by atoms with Gasteiger partial charge in [0.05, 0.1) is 11.7 Å². The standard InChI is InChI=1S/C13H17F4NO/c1-2-11(19)5-6-18-8-9-7-10(13(15,16)17)3-4-12(9)14/h3-4,7,11,18-19H,2,5-6,8H2,1H3. The van der Waals surface area contributed by atoms with Gasteiger partial charge >= 0.3 is 6.18 Å².